The van der Waals surface area contributed by atoms with Crippen LogP contribution in [0, 0.1) is 13.8 Å². The predicted molar refractivity (Wildman–Crippen MR) is 107 cm³/mol. The molecule has 2 aromatic rings. The molecule has 2 rings (SSSR count). The van der Waals surface area contributed by atoms with Crippen molar-refractivity contribution in [2.75, 3.05) is 11.9 Å². The van der Waals surface area contributed by atoms with E-state index >= 15 is 0 Å². The van der Waals surface area contributed by atoms with Gasteiger partial charge in [0.15, 0.2) is 6.10 Å². The monoisotopic (exact) mass is 397 g/mol. The molecule has 2 aromatic carbocycles. The van der Waals surface area contributed by atoms with E-state index in [-0.39, 0.29) is 6.54 Å². The topological polar surface area (TPSA) is 128 Å². The number of nitrogens with two attached hydrogens (primary N) is 1. The average Bonchev–Trinajstić information content (AvgIpc) is 2.68. The summed E-state index contributed by atoms with van der Waals surface area (Å²) >= 11 is 0. The Bertz CT molecular complexity index is 938. The average molecular weight is 397 g/mol. The van der Waals surface area contributed by atoms with Crippen molar-refractivity contribution >= 4 is 29.4 Å². The minimum absolute atomic E-state index is 0.307. The van der Waals surface area contributed by atoms with Gasteiger partial charge in [-0.1, -0.05) is 6.07 Å². The quantitative estimate of drug-likeness (QED) is 0.613. The molecular formula is C21H23N3O5. The molecule has 0 aromatic heterocycles. The lowest BCUT2D eigenvalue weighted by Crippen LogP contribution is -2.35. The van der Waals surface area contributed by atoms with Crippen LogP contribution in [0.3, 0.4) is 0 Å². The van der Waals surface area contributed by atoms with Crippen molar-refractivity contribution in [1.29, 1.82) is 0 Å². The zero-order chi connectivity index (χ0) is 21.6. The molecule has 0 unspecified atom stereocenters. The molecule has 3 amide bonds. The summed E-state index contributed by atoms with van der Waals surface area (Å²) in [6, 6.07) is 11.2. The Labute approximate surface area is 168 Å². The third kappa shape index (κ3) is 6.17. The molecule has 0 bridgehead atoms. The molecule has 152 valence electrons. The van der Waals surface area contributed by atoms with Crippen molar-refractivity contribution in [3.05, 3.63) is 64.7 Å². The van der Waals surface area contributed by atoms with Crippen molar-refractivity contribution < 1.29 is 23.9 Å². The molecule has 1 atom stereocenters. The summed E-state index contributed by atoms with van der Waals surface area (Å²) in [4.78, 5) is 47.2. The Morgan fingerprint density at radius 3 is 2.17 bits per heavy atom. The van der Waals surface area contributed by atoms with E-state index in [4.69, 9.17) is 10.5 Å². The first-order valence-electron chi connectivity index (χ1n) is 8.93. The highest BCUT2D eigenvalue weighted by Crippen LogP contribution is 2.11. The Kier molecular flexibility index (Phi) is 7.08. The van der Waals surface area contributed by atoms with Crippen LogP contribution in [-0.4, -0.2) is 36.3 Å². The third-order valence-electron chi connectivity index (χ3n) is 4.28. The first-order valence-corrected chi connectivity index (χ1v) is 8.93. The van der Waals surface area contributed by atoms with Gasteiger partial charge in [0, 0.05) is 16.8 Å². The number of rotatable bonds is 7. The number of nitrogens with one attached hydrogen (secondary N) is 2. The largest absolute Gasteiger partial charge is 0.451 e. The lowest BCUT2D eigenvalue weighted by Gasteiger charge is -2.14. The maximum absolute atomic E-state index is 12.1. The molecule has 0 aliphatic carbocycles. The third-order valence-corrected chi connectivity index (χ3v) is 4.28. The van der Waals surface area contributed by atoms with Crippen LogP contribution in [0.1, 0.15) is 38.8 Å². The van der Waals surface area contributed by atoms with Crippen LogP contribution in [0.4, 0.5) is 5.69 Å². The smallest absolute Gasteiger partial charge is 0.326 e. The highest BCUT2D eigenvalue weighted by Gasteiger charge is 2.19. The molecule has 29 heavy (non-hydrogen) atoms. The van der Waals surface area contributed by atoms with E-state index in [0.29, 0.717) is 16.8 Å². The number of carbonyl (C=O) groups excluding carboxylic acids is 4. The van der Waals surface area contributed by atoms with E-state index in [9.17, 15) is 19.2 Å². The fraction of sp³-hybridized carbons (Fsp3) is 0.238. The summed E-state index contributed by atoms with van der Waals surface area (Å²) in [5, 5.41) is 5.03. The second-order valence-electron chi connectivity index (χ2n) is 6.54. The van der Waals surface area contributed by atoms with E-state index in [1.807, 2.05) is 19.9 Å². The number of ether oxygens (including phenoxy) is 1. The maximum Gasteiger partial charge on any atom is 0.326 e. The lowest BCUT2D eigenvalue weighted by molar-refractivity contribution is -0.152. The molecule has 0 radical (unpaired) electrons. The molecule has 8 nitrogen and oxygen atoms in total. The molecule has 0 spiro atoms. The standard InChI is InChI=1S/C21H23N3O5/c1-12-4-5-16(10-13(12)2)21(28)23-11-18(25)29-14(3)20(27)24-17-8-6-15(7-9-17)19(22)26/h4-10,14H,11H2,1-3H3,(H2,22,26)(H,23,28)(H,24,27)/t14-/m1/s1. The normalized spacial score (nSPS) is 11.3. The number of hydrogen-bond donors (Lipinski definition) is 3. The van der Waals surface area contributed by atoms with Gasteiger partial charge in [0.25, 0.3) is 11.8 Å². The molecule has 0 saturated carbocycles. The van der Waals surface area contributed by atoms with Gasteiger partial charge < -0.3 is 21.1 Å². The van der Waals surface area contributed by atoms with Gasteiger partial charge in [-0.25, -0.2) is 0 Å². The fourth-order valence-corrected chi connectivity index (χ4v) is 2.39. The van der Waals surface area contributed by atoms with E-state index < -0.39 is 29.8 Å². The van der Waals surface area contributed by atoms with Crippen LogP contribution in [0.2, 0.25) is 0 Å². The number of carbonyl (C=O) groups is 4. The molecule has 4 N–H and O–H groups in total. The Morgan fingerprint density at radius 2 is 1.59 bits per heavy atom. The second-order valence-corrected chi connectivity index (χ2v) is 6.54. The minimum Gasteiger partial charge on any atom is -0.451 e. The summed E-state index contributed by atoms with van der Waals surface area (Å²) in [7, 11) is 0. The van der Waals surface area contributed by atoms with Crippen molar-refractivity contribution in [1.82, 2.24) is 5.32 Å². The van der Waals surface area contributed by atoms with Crippen LogP contribution in [0.25, 0.3) is 0 Å². The van der Waals surface area contributed by atoms with Gasteiger partial charge in [-0.3, -0.25) is 19.2 Å². The van der Waals surface area contributed by atoms with Crippen molar-refractivity contribution in [2.45, 2.75) is 26.9 Å². The van der Waals surface area contributed by atoms with Gasteiger partial charge in [0.1, 0.15) is 6.54 Å². The lowest BCUT2D eigenvalue weighted by atomic mass is 10.1. The highest BCUT2D eigenvalue weighted by molar-refractivity contribution is 5.98. The van der Waals surface area contributed by atoms with Crippen molar-refractivity contribution in [3.8, 4) is 0 Å². The summed E-state index contributed by atoms with van der Waals surface area (Å²) in [5.74, 6) is -2.27. The number of amides is 3. The minimum atomic E-state index is -1.07. The van der Waals surface area contributed by atoms with E-state index in [1.54, 1.807) is 12.1 Å². The van der Waals surface area contributed by atoms with Gasteiger partial charge in [0.2, 0.25) is 5.91 Å². The van der Waals surface area contributed by atoms with E-state index in [1.165, 1.54) is 31.2 Å². The summed E-state index contributed by atoms with van der Waals surface area (Å²) in [6.07, 6.45) is -1.07. The van der Waals surface area contributed by atoms with Crippen LogP contribution >= 0.6 is 0 Å². The summed E-state index contributed by atoms with van der Waals surface area (Å²) < 4.78 is 5.04. The number of anilines is 1. The van der Waals surface area contributed by atoms with Gasteiger partial charge in [-0.05, 0) is 68.3 Å². The van der Waals surface area contributed by atoms with Crippen LogP contribution in [0.5, 0.6) is 0 Å². The van der Waals surface area contributed by atoms with Gasteiger partial charge in [-0.15, -0.1) is 0 Å². The van der Waals surface area contributed by atoms with E-state index in [2.05, 4.69) is 10.6 Å². The van der Waals surface area contributed by atoms with Crippen LogP contribution < -0.4 is 16.4 Å². The number of esters is 1. The second kappa shape index (κ2) is 9.50. The van der Waals surface area contributed by atoms with Gasteiger partial charge in [0.05, 0.1) is 0 Å². The molecule has 0 aliphatic heterocycles. The Morgan fingerprint density at radius 1 is 0.966 bits per heavy atom. The molecule has 0 aliphatic rings. The molecular weight excluding hydrogens is 374 g/mol. The van der Waals surface area contributed by atoms with Gasteiger partial charge >= 0.3 is 5.97 Å². The van der Waals surface area contributed by atoms with Gasteiger partial charge in [-0.2, -0.15) is 0 Å². The number of aryl methyl sites for hydroxylation is 2. The molecule has 0 fully saturated rings. The fourth-order valence-electron chi connectivity index (χ4n) is 2.39. The number of hydrogen-bond acceptors (Lipinski definition) is 5. The van der Waals surface area contributed by atoms with Crippen LogP contribution in [0.15, 0.2) is 42.5 Å². The zero-order valence-electron chi connectivity index (χ0n) is 16.4. The van der Waals surface area contributed by atoms with E-state index in [0.717, 1.165) is 11.1 Å². The number of benzene rings is 2. The summed E-state index contributed by atoms with van der Waals surface area (Å²) in [5.41, 5.74) is 8.35. The zero-order valence-corrected chi connectivity index (χ0v) is 16.4. The molecule has 0 saturated heterocycles. The first kappa shape index (κ1) is 21.6. The summed E-state index contributed by atoms with van der Waals surface area (Å²) in [6.45, 7) is 4.88. The predicted octanol–water partition coefficient (Wildman–Crippen LogP) is 1.70. The Balaban J connectivity index is 1.82. The molecule has 8 heteroatoms. The Hall–Kier alpha value is -3.68. The first-order chi connectivity index (χ1) is 13.7. The maximum atomic E-state index is 12.1. The SMILES string of the molecule is Cc1ccc(C(=O)NCC(=O)O[C@H](C)C(=O)Nc2ccc(C(N)=O)cc2)cc1C. The van der Waals surface area contributed by atoms with Crippen LogP contribution in [-0.2, 0) is 14.3 Å². The van der Waals surface area contributed by atoms with Crippen molar-refractivity contribution in [3.63, 3.8) is 0 Å². The highest BCUT2D eigenvalue weighted by atomic mass is 16.5. The van der Waals surface area contributed by atoms with Crippen molar-refractivity contribution in [2.24, 2.45) is 5.73 Å². The number of primary amides is 1. The molecule has 0 heterocycles.